The van der Waals surface area contributed by atoms with Crippen molar-refractivity contribution < 1.29 is 0 Å². The van der Waals surface area contributed by atoms with E-state index < -0.39 is 0 Å². The zero-order valence-corrected chi connectivity index (χ0v) is 10.1. The monoisotopic (exact) mass is 233 g/mol. The minimum Gasteiger partial charge on any atom is -0.307 e. The number of pyridine rings is 1. The Labute approximate surface area is 99.3 Å². The van der Waals surface area contributed by atoms with Gasteiger partial charge < -0.3 is 9.72 Å². The topological polar surface area (TPSA) is 29.3 Å². The number of rotatable bonds is 1. The van der Waals surface area contributed by atoms with Gasteiger partial charge in [0.05, 0.1) is 11.7 Å². The molecule has 1 saturated heterocycles. The van der Waals surface area contributed by atoms with E-state index in [2.05, 4.69) is 41.2 Å². The quantitative estimate of drug-likeness (QED) is 0.817. The molecule has 0 spiro atoms. The number of hydrogen-bond donors (Lipinski definition) is 1. The SMILES string of the molecule is Cc1cccn2cc(C3CSCCN3)nc12. The molecule has 2 aromatic heterocycles. The molecule has 1 fully saturated rings. The van der Waals surface area contributed by atoms with Gasteiger partial charge in [-0.1, -0.05) is 6.07 Å². The molecule has 2 aromatic rings. The van der Waals surface area contributed by atoms with Gasteiger partial charge in [0.2, 0.25) is 0 Å². The van der Waals surface area contributed by atoms with Crippen LogP contribution in [0.25, 0.3) is 5.65 Å². The number of aromatic nitrogens is 2. The number of aryl methyl sites for hydroxylation is 1. The second-order valence-electron chi connectivity index (χ2n) is 4.17. The average Bonchev–Trinajstić information content (AvgIpc) is 2.76. The first-order valence-electron chi connectivity index (χ1n) is 5.60. The average molecular weight is 233 g/mol. The van der Waals surface area contributed by atoms with Crippen LogP contribution in [0.3, 0.4) is 0 Å². The summed E-state index contributed by atoms with van der Waals surface area (Å²) >= 11 is 2.00. The molecule has 0 radical (unpaired) electrons. The van der Waals surface area contributed by atoms with Crippen LogP contribution in [0, 0.1) is 6.92 Å². The van der Waals surface area contributed by atoms with Crippen LogP contribution < -0.4 is 5.32 Å². The molecule has 0 bridgehead atoms. The Morgan fingerprint density at radius 3 is 3.25 bits per heavy atom. The lowest BCUT2D eigenvalue weighted by Crippen LogP contribution is -2.30. The van der Waals surface area contributed by atoms with Crippen LogP contribution >= 0.6 is 11.8 Å². The zero-order chi connectivity index (χ0) is 11.0. The van der Waals surface area contributed by atoms with Gasteiger partial charge in [0.1, 0.15) is 5.65 Å². The van der Waals surface area contributed by atoms with E-state index in [4.69, 9.17) is 4.98 Å². The van der Waals surface area contributed by atoms with Gasteiger partial charge in [0.25, 0.3) is 0 Å². The van der Waals surface area contributed by atoms with Crippen molar-refractivity contribution in [1.82, 2.24) is 14.7 Å². The van der Waals surface area contributed by atoms with Crippen molar-refractivity contribution in [2.45, 2.75) is 13.0 Å². The second-order valence-corrected chi connectivity index (χ2v) is 5.32. The molecule has 3 nitrogen and oxygen atoms in total. The van der Waals surface area contributed by atoms with Crippen molar-refractivity contribution in [3.8, 4) is 0 Å². The Morgan fingerprint density at radius 2 is 2.50 bits per heavy atom. The van der Waals surface area contributed by atoms with Gasteiger partial charge in [-0.3, -0.25) is 0 Å². The third-order valence-corrected chi connectivity index (χ3v) is 4.04. The van der Waals surface area contributed by atoms with Gasteiger partial charge in [-0.2, -0.15) is 11.8 Å². The van der Waals surface area contributed by atoms with E-state index >= 15 is 0 Å². The zero-order valence-electron chi connectivity index (χ0n) is 9.31. The number of fused-ring (bicyclic) bond motifs is 1. The Kier molecular flexibility index (Phi) is 2.61. The van der Waals surface area contributed by atoms with Crippen molar-refractivity contribution in [3.05, 3.63) is 35.8 Å². The molecule has 1 atom stereocenters. The van der Waals surface area contributed by atoms with Gasteiger partial charge in [-0.25, -0.2) is 4.98 Å². The smallest absolute Gasteiger partial charge is 0.139 e. The Bertz CT molecular complexity index is 500. The van der Waals surface area contributed by atoms with Crippen LogP contribution in [0.2, 0.25) is 0 Å². The van der Waals surface area contributed by atoms with E-state index in [0.717, 1.165) is 17.9 Å². The number of nitrogens with zero attached hydrogens (tertiary/aromatic N) is 2. The molecule has 3 heterocycles. The van der Waals surface area contributed by atoms with Gasteiger partial charge in [-0.15, -0.1) is 0 Å². The van der Waals surface area contributed by atoms with Crippen LogP contribution in [0.1, 0.15) is 17.3 Å². The van der Waals surface area contributed by atoms with Crippen molar-refractivity contribution in [3.63, 3.8) is 0 Å². The van der Waals surface area contributed by atoms with Crippen LogP contribution in [-0.2, 0) is 0 Å². The maximum absolute atomic E-state index is 4.72. The highest BCUT2D eigenvalue weighted by Crippen LogP contribution is 2.22. The molecule has 1 aliphatic rings. The van der Waals surface area contributed by atoms with Crippen molar-refractivity contribution in [1.29, 1.82) is 0 Å². The number of imidazole rings is 1. The van der Waals surface area contributed by atoms with E-state index in [0.29, 0.717) is 6.04 Å². The highest BCUT2D eigenvalue weighted by molar-refractivity contribution is 7.99. The molecule has 0 aromatic carbocycles. The Hall–Kier alpha value is -1.00. The molecule has 3 rings (SSSR count). The summed E-state index contributed by atoms with van der Waals surface area (Å²) in [6.07, 6.45) is 4.21. The fourth-order valence-corrected chi connectivity index (χ4v) is 3.05. The van der Waals surface area contributed by atoms with Crippen LogP contribution in [0.15, 0.2) is 24.5 Å². The van der Waals surface area contributed by atoms with Gasteiger partial charge in [0.15, 0.2) is 0 Å². The van der Waals surface area contributed by atoms with Crippen LogP contribution in [0.4, 0.5) is 0 Å². The Morgan fingerprint density at radius 1 is 1.56 bits per heavy atom. The summed E-state index contributed by atoms with van der Waals surface area (Å²) in [4.78, 5) is 4.72. The summed E-state index contributed by atoms with van der Waals surface area (Å²) in [5, 5.41) is 3.52. The van der Waals surface area contributed by atoms with Gasteiger partial charge in [0, 0.05) is 30.4 Å². The molecular formula is C12H15N3S. The maximum Gasteiger partial charge on any atom is 0.139 e. The van der Waals surface area contributed by atoms with E-state index in [1.807, 2.05) is 11.8 Å². The minimum absolute atomic E-state index is 0.415. The lowest BCUT2D eigenvalue weighted by atomic mass is 10.2. The van der Waals surface area contributed by atoms with Crippen LogP contribution in [-0.4, -0.2) is 27.4 Å². The first-order chi connectivity index (χ1) is 7.84. The van der Waals surface area contributed by atoms with Gasteiger partial charge in [-0.05, 0) is 18.6 Å². The maximum atomic E-state index is 4.72. The molecule has 1 aliphatic heterocycles. The minimum atomic E-state index is 0.415. The van der Waals surface area contributed by atoms with Crippen molar-refractivity contribution in [2.24, 2.45) is 0 Å². The van der Waals surface area contributed by atoms with E-state index in [9.17, 15) is 0 Å². The lowest BCUT2D eigenvalue weighted by molar-refractivity contribution is 0.583. The predicted octanol–water partition coefficient (Wildman–Crippen LogP) is 2.02. The van der Waals surface area contributed by atoms with Crippen LogP contribution in [0.5, 0.6) is 0 Å². The molecule has 84 valence electrons. The molecule has 0 amide bonds. The first-order valence-corrected chi connectivity index (χ1v) is 6.75. The predicted molar refractivity (Wildman–Crippen MR) is 68.0 cm³/mol. The number of hydrogen-bond acceptors (Lipinski definition) is 3. The lowest BCUT2D eigenvalue weighted by Gasteiger charge is -2.21. The molecule has 0 aliphatic carbocycles. The number of thioether (sulfide) groups is 1. The fourth-order valence-electron chi connectivity index (χ4n) is 2.10. The molecule has 16 heavy (non-hydrogen) atoms. The summed E-state index contributed by atoms with van der Waals surface area (Å²) in [5.41, 5.74) is 3.48. The summed E-state index contributed by atoms with van der Waals surface area (Å²) in [5.74, 6) is 2.34. The summed E-state index contributed by atoms with van der Waals surface area (Å²) in [6, 6.07) is 4.59. The Balaban J connectivity index is 2.01. The highest BCUT2D eigenvalue weighted by atomic mass is 32.2. The molecule has 1 unspecified atom stereocenters. The van der Waals surface area contributed by atoms with Gasteiger partial charge >= 0.3 is 0 Å². The normalized spacial score (nSPS) is 21.4. The van der Waals surface area contributed by atoms with E-state index in [1.54, 1.807) is 0 Å². The molecule has 4 heteroatoms. The summed E-state index contributed by atoms with van der Waals surface area (Å²) < 4.78 is 2.12. The third kappa shape index (κ3) is 1.72. The van der Waals surface area contributed by atoms with E-state index in [1.165, 1.54) is 17.0 Å². The third-order valence-electron chi connectivity index (χ3n) is 2.98. The molecule has 0 saturated carbocycles. The number of nitrogens with one attached hydrogen (secondary N) is 1. The van der Waals surface area contributed by atoms with Crippen molar-refractivity contribution in [2.75, 3.05) is 18.1 Å². The first kappa shape index (κ1) is 10.2. The highest BCUT2D eigenvalue weighted by Gasteiger charge is 2.18. The molecular weight excluding hydrogens is 218 g/mol. The largest absolute Gasteiger partial charge is 0.307 e. The summed E-state index contributed by atoms with van der Waals surface area (Å²) in [7, 11) is 0. The molecule has 1 N–H and O–H groups in total. The fraction of sp³-hybridized carbons (Fsp3) is 0.417. The second kappa shape index (κ2) is 4.11. The summed E-state index contributed by atoms with van der Waals surface area (Å²) in [6.45, 7) is 3.19. The van der Waals surface area contributed by atoms with Crippen molar-refractivity contribution >= 4 is 17.4 Å². The standard InChI is InChI=1S/C12H15N3S/c1-9-3-2-5-15-7-10(14-12(9)15)11-8-16-6-4-13-11/h2-3,5,7,11,13H,4,6,8H2,1H3. The van der Waals surface area contributed by atoms with E-state index in [-0.39, 0.29) is 0 Å².